The van der Waals surface area contributed by atoms with Crippen LogP contribution in [-0.2, 0) is 0 Å². The van der Waals surface area contributed by atoms with E-state index in [0.29, 0.717) is 5.92 Å². The van der Waals surface area contributed by atoms with Crippen molar-refractivity contribution in [1.82, 2.24) is 15.2 Å². The van der Waals surface area contributed by atoms with Gasteiger partial charge in [-0.15, -0.1) is 0 Å². The molecule has 1 unspecified atom stereocenters. The standard InChI is InChI=1S/C16H19ClN2.C10H15NO/c1-19(2)12-10-15(16-5-3-4-11-18-16)13-6-8-14(17)9-7-13;1-8(11-2)10(12)9-6-4-3-5-7-9/h3-9,11,15H,10,12H2,1-2H3;3-8,10-12H,1-2H3/t;8-,10+/m.0/s1. The van der Waals surface area contributed by atoms with Crippen molar-refractivity contribution in [3.05, 3.63) is 101 Å². The third kappa shape index (κ3) is 8.42. The highest BCUT2D eigenvalue weighted by atomic mass is 35.5. The number of benzene rings is 2. The lowest BCUT2D eigenvalue weighted by Gasteiger charge is -2.19. The van der Waals surface area contributed by atoms with Crippen LogP contribution < -0.4 is 5.32 Å². The van der Waals surface area contributed by atoms with Gasteiger partial charge in [-0.1, -0.05) is 60.1 Å². The third-order valence-electron chi connectivity index (χ3n) is 5.25. The summed E-state index contributed by atoms with van der Waals surface area (Å²) in [6.45, 7) is 2.99. The van der Waals surface area contributed by atoms with E-state index in [1.54, 1.807) is 0 Å². The Bertz CT molecular complexity index is 857. The predicted molar refractivity (Wildman–Crippen MR) is 131 cm³/mol. The van der Waals surface area contributed by atoms with Gasteiger partial charge in [0.1, 0.15) is 0 Å². The van der Waals surface area contributed by atoms with Crippen molar-refractivity contribution in [2.75, 3.05) is 27.7 Å². The molecule has 3 atom stereocenters. The molecule has 0 aliphatic rings. The molecule has 0 fully saturated rings. The Hall–Kier alpha value is -2.24. The number of aromatic nitrogens is 1. The number of aliphatic hydroxyl groups is 1. The molecule has 3 rings (SSSR count). The lowest BCUT2D eigenvalue weighted by Crippen LogP contribution is -2.28. The van der Waals surface area contributed by atoms with E-state index in [9.17, 15) is 5.11 Å². The molecule has 31 heavy (non-hydrogen) atoms. The number of hydrogen-bond acceptors (Lipinski definition) is 4. The van der Waals surface area contributed by atoms with Crippen LogP contribution in [0.3, 0.4) is 0 Å². The maximum Gasteiger partial charge on any atom is 0.0940 e. The van der Waals surface area contributed by atoms with Crippen LogP contribution in [0.25, 0.3) is 0 Å². The fourth-order valence-corrected chi connectivity index (χ4v) is 3.37. The van der Waals surface area contributed by atoms with E-state index in [0.717, 1.165) is 29.2 Å². The quantitative estimate of drug-likeness (QED) is 0.509. The SMILES string of the molecule is CN(C)CCC(c1ccc(Cl)cc1)c1ccccn1.CN[C@@H](C)[C@@H](O)c1ccccc1. The van der Waals surface area contributed by atoms with Crippen LogP contribution in [0.5, 0.6) is 0 Å². The first kappa shape index (κ1) is 25.0. The van der Waals surface area contributed by atoms with Crippen LogP contribution >= 0.6 is 11.6 Å². The molecule has 0 bridgehead atoms. The number of aliphatic hydroxyl groups excluding tert-OH is 1. The molecule has 166 valence electrons. The van der Waals surface area contributed by atoms with Gasteiger partial charge in [0.05, 0.1) is 6.10 Å². The minimum Gasteiger partial charge on any atom is -0.387 e. The van der Waals surface area contributed by atoms with E-state index in [1.165, 1.54) is 5.56 Å². The lowest BCUT2D eigenvalue weighted by atomic mass is 9.92. The number of halogens is 1. The first-order valence-electron chi connectivity index (χ1n) is 10.6. The van der Waals surface area contributed by atoms with Crippen molar-refractivity contribution in [3.8, 4) is 0 Å². The van der Waals surface area contributed by atoms with Gasteiger partial charge in [0.25, 0.3) is 0 Å². The maximum absolute atomic E-state index is 9.73. The molecule has 1 aromatic heterocycles. The Labute approximate surface area is 191 Å². The zero-order chi connectivity index (χ0) is 22.6. The molecule has 2 N–H and O–H groups in total. The number of nitrogens with one attached hydrogen (secondary N) is 1. The first-order chi connectivity index (χ1) is 14.9. The van der Waals surface area contributed by atoms with E-state index in [2.05, 4.69) is 47.5 Å². The summed E-state index contributed by atoms with van der Waals surface area (Å²) in [6.07, 6.45) is 2.48. The van der Waals surface area contributed by atoms with Gasteiger partial charge in [0.15, 0.2) is 0 Å². The number of rotatable bonds is 8. The summed E-state index contributed by atoms with van der Waals surface area (Å²) in [5, 5.41) is 13.5. The molecule has 0 amide bonds. The normalized spacial score (nSPS) is 13.8. The molecule has 3 aromatic rings. The summed E-state index contributed by atoms with van der Waals surface area (Å²) in [5.74, 6) is 0.320. The maximum atomic E-state index is 9.73. The average Bonchev–Trinajstić information content (AvgIpc) is 2.81. The van der Waals surface area contributed by atoms with Crippen LogP contribution in [0.15, 0.2) is 79.0 Å². The minimum absolute atomic E-state index is 0.0902. The Balaban J connectivity index is 0.000000245. The Morgan fingerprint density at radius 2 is 1.58 bits per heavy atom. The summed E-state index contributed by atoms with van der Waals surface area (Å²) < 4.78 is 0. The topological polar surface area (TPSA) is 48.4 Å². The summed E-state index contributed by atoms with van der Waals surface area (Å²) in [7, 11) is 6.03. The van der Waals surface area contributed by atoms with Crippen molar-refractivity contribution < 1.29 is 5.11 Å². The second-order valence-electron chi connectivity index (χ2n) is 7.88. The number of nitrogens with zero attached hydrogens (tertiary/aromatic N) is 2. The molecule has 0 spiro atoms. The van der Waals surface area contributed by atoms with Crippen molar-refractivity contribution in [3.63, 3.8) is 0 Å². The lowest BCUT2D eigenvalue weighted by molar-refractivity contribution is 0.140. The van der Waals surface area contributed by atoms with Gasteiger partial charge >= 0.3 is 0 Å². The molecule has 5 heteroatoms. The second-order valence-corrected chi connectivity index (χ2v) is 8.32. The molecule has 1 heterocycles. The summed E-state index contributed by atoms with van der Waals surface area (Å²) in [4.78, 5) is 6.70. The molecule has 0 saturated carbocycles. The highest BCUT2D eigenvalue weighted by molar-refractivity contribution is 6.30. The van der Waals surface area contributed by atoms with Crippen molar-refractivity contribution in [2.45, 2.75) is 31.4 Å². The third-order valence-corrected chi connectivity index (χ3v) is 5.50. The van der Waals surface area contributed by atoms with Crippen LogP contribution in [-0.4, -0.2) is 48.7 Å². The van der Waals surface area contributed by atoms with E-state index >= 15 is 0 Å². The molecule has 4 nitrogen and oxygen atoms in total. The average molecular weight is 440 g/mol. The van der Waals surface area contributed by atoms with Gasteiger partial charge in [-0.05, 0) is 76.4 Å². The van der Waals surface area contributed by atoms with Gasteiger partial charge in [0.2, 0.25) is 0 Å². The van der Waals surface area contributed by atoms with E-state index in [1.807, 2.05) is 74.8 Å². The van der Waals surface area contributed by atoms with Gasteiger partial charge in [-0.3, -0.25) is 4.98 Å². The number of hydrogen-bond donors (Lipinski definition) is 2. The number of likely N-dealkylation sites (N-methyl/N-ethyl adjacent to an activating group) is 1. The largest absolute Gasteiger partial charge is 0.387 e. The molecule has 0 aliphatic carbocycles. The van der Waals surface area contributed by atoms with Gasteiger partial charge < -0.3 is 15.3 Å². The van der Waals surface area contributed by atoms with E-state index in [-0.39, 0.29) is 6.04 Å². The van der Waals surface area contributed by atoms with Gasteiger partial charge in [-0.2, -0.15) is 0 Å². The van der Waals surface area contributed by atoms with Crippen LogP contribution in [0.1, 0.15) is 42.2 Å². The van der Waals surface area contributed by atoms with E-state index < -0.39 is 6.10 Å². The van der Waals surface area contributed by atoms with Crippen molar-refractivity contribution in [2.24, 2.45) is 0 Å². The molecule has 0 radical (unpaired) electrons. The van der Waals surface area contributed by atoms with Gasteiger partial charge in [-0.25, -0.2) is 0 Å². The first-order valence-corrected chi connectivity index (χ1v) is 11.0. The van der Waals surface area contributed by atoms with Crippen molar-refractivity contribution in [1.29, 1.82) is 0 Å². The Morgan fingerprint density at radius 3 is 2.13 bits per heavy atom. The molecule has 2 aromatic carbocycles. The fraction of sp³-hybridized carbons (Fsp3) is 0.346. The summed E-state index contributed by atoms with van der Waals surface area (Å²) >= 11 is 5.97. The van der Waals surface area contributed by atoms with Crippen LogP contribution in [0.2, 0.25) is 5.02 Å². The fourth-order valence-electron chi connectivity index (χ4n) is 3.25. The van der Waals surface area contributed by atoms with E-state index in [4.69, 9.17) is 11.6 Å². The predicted octanol–water partition coefficient (Wildman–Crippen LogP) is 5.15. The zero-order valence-electron chi connectivity index (χ0n) is 18.9. The van der Waals surface area contributed by atoms with Crippen molar-refractivity contribution >= 4 is 11.6 Å². The number of pyridine rings is 1. The monoisotopic (exact) mass is 439 g/mol. The minimum atomic E-state index is -0.420. The highest BCUT2D eigenvalue weighted by Gasteiger charge is 2.15. The molecular formula is C26H34ClN3O. The second kappa shape index (κ2) is 13.2. The molecular weight excluding hydrogens is 406 g/mol. The molecule has 0 aliphatic heterocycles. The highest BCUT2D eigenvalue weighted by Crippen LogP contribution is 2.27. The van der Waals surface area contributed by atoms with Crippen LogP contribution in [0.4, 0.5) is 0 Å². The Morgan fingerprint density at radius 1 is 0.935 bits per heavy atom. The summed E-state index contributed by atoms with van der Waals surface area (Å²) in [5.41, 5.74) is 3.34. The van der Waals surface area contributed by atoms with Gasteiger partial charge in [0, 0.05) is 28.9 Å². The zero-order valence-corrected chi connectivity index (χ0v) is 19.6. The van der Waals surface area contributed by atoms with Crippen LogP contribution in [0, 0.1) is 0 Å². The Kier molecular flexibility index (Phi) is 10.7. The summed E-state index contributed by atoms with van der Waals surface area (Å²) in [6, 6.07) is 23.9. The molecule has 0 saturated heterocycles. The smallest absolute Gasteiger partial charge is 0.0940 e.